The van der Waals surface area contributed by atoms with E-state index < -0.39 is 10.0 Å². The lowest BCUT2D eigenvalue weighted by Crippen LogP contribution is -2.34. The van der Waals surface area contributed by atoms with Crippen molar-refractivity contribution in [1.82, 2.24) is 9.62 Å². The fourth-order valence-corrected chi connectivity index (χ4v) is 4.30. The van der Waals surface area contributed by atoms with Crippen LogP contribution in [0.5, 0.6) is 0 Å². The van der Waals surface area contributed by atoms with Crippen LogP contribution in [0.2, 0.25) is 0 Å². The van der Waals surface area contributed by atoms with Gasteiger partial charge in [0.15, 0.2) is 0 Å². The molecule has 0 aliphatic heterocycles. The van der Waals surface area contributed by atoms with Gasteiger partial charge in [-0.25, -0.2) is 8.42 Å². The highest BCUT2D eigenvalue weighted by Gasteiger charge is 2.28. The van der Waals surface area contributed by atoms with Gasteiger partial charge in [0.2, 0.25) is 15.9 Å². The van der Waals surface area contributed by atoms with Crippen molar-refractivity contribution in [2.24, 2.45) is 5.92 Å². The van der Waals surface area contributed by atoms with E-state index in [2.05, 4.69) is 12.2 Å². The third-order valence-corrected chi connectivity index (χ3v) is 6.69. The Morgan fingerprint density at radius 2 is 1.79 bits per heavy atom. The van der Waals surface area contributed by atoms with Crippen LogP contribution in [0.3, 0.4) is 0 Å². The Labute approximate surface area is 145 Å². The zero-order valence-electron chi connectivity index (χ0n) is 14.8. The summed E-state index contributed by atoms with van der Waals surface area (Å²) < 4.78 is 26.3. The Balaban J connectivity index is 1.90. The molecule has 6 heteroatoms. The largest absolute Gasteiger partial charge is 0.353 e. The minimum atomic E-state index is -3.41. The van der Waals surface area contributed by atoms with Crippen molar-refractivity contribution < 1.29 is 13.2 Å². The van der Waals surface area contributed by atoms with Crippen molar-refractivity contribution >= 4 is 15.9 Å². The lowest BCUT2D eigenvalue weighted by atomic mass is 10.1. The number of hydrogen-bond acceptors (Lipinski definition) is 3. The molecule has 1 aliphatic carbocycles. The first kappa shape index (κ1) is 18.9. The first-order valence-corrected chi connectivity index (χ1v) is 10.2. The predicted molar refractivity (Wildman–Crippen MR) is 95.2 cm³/mol. The molecule has 5 nitrogen and oxygen atoms in total. The zero-order valence-corrected chi connectivity index (χ0v) is 15.6. The van der Waals surface area contributed by atoms with Gasteiger partial charge >= 0.3 is 0 Å². The lowest BCUT2D eigenvalue weighted by molar-refractivity contribution is -0.121. The summed E-state index contributed by atoms with van der Waals surface area (Å²) in [5.74, 6) is 0.716. The fourth-order valence-electron chi connectivity index (χ4n) is 2.84. The number of sulfonamides is 1. The van der Waals surface area contributed by atoms with Crippen LogP contribution in [0, 0.1) is 5.92 Å². The number of nitrogens with zero attached hydrogens (tertiary/aromatic N) is 1. The molecule has 0 spiro atoms. The lowest BCUT2D eigenvalue weighted by Gasteiger charge is -2.18. The average Bonchev–Trinajstić information content (AvgIpc) is 3.39. The maximum absolute atomic E-state index is 12.4. The van der Waals surface area contributed by atoms with E-state index in [0.29, 0.717) is 36.7 Å². The summed E-state index contributed by atoms with van der Waals surface area (Å²) in [6.07, 6.45) is 3.47. The maximum atomic E-state index is 12.4. The number of aryl methyl sites for hydroxylation is 1. The van der Waals surface area contributed by atoms with Gasteiger partial charge in [-0.3, -0.25) is 4.79 Å². The van der Waals surface area contributed by atoms with Crippen LogP contribution in [0.25, 0.3) is 0 Å². The van der Waals surface area contributed by atoms with Crippen LogP contribution in [-0.4, -0.2) is 37.8 Å². The van der Waals surface area contributed by atoms with Crippen molar-refractivity contribution in [1.29, 1.82) is 0 Å². The topological polar surface area (TPSA) is 66.5 Å². The zero-order chi connectivity index (χ0) is 17.7. The smallest absolute Gasteiger partial charge is 0.243 e. The van der Waals surface area contributed by atoms with E-state index >= 15 is 0 Å². The Bertz CT molecular complexity index is 647. The number of benzene rings is 1. The molecule has 1 amide bonds. The summed E-state index contributed by atoms with van der Waals surface area (Å²) in [5, 5.41) is 3.04. The number of rotatable bonds is 9. The van der Waals surface area contributed by atoms with Crippen molar-refractivity contribution in [3.8, 4) is 0 Å². The fraction of sp³-hybridized carbons (Fsp3) is 0.611. The molecule has 1 N–H and O–H groups in total. The molecule has 1 atom stereocenters. The van der Waals surface area contributed by atoms with E-state index in [9.17, 15) is 13.2 Å². The summed E-state index contributed by atoms with van der Waals surface area (Å²) in [7, 11) is -3.41. The quantitative estimate of drug-likeness (QED) is 0.743. The van der Waals surface area contributed by atoms with Gasteiger partial charge in [0.05, 0.1) is 4.90 Å². The molecule has 1 aliphatic rings. The van der Waals surface area contributed by atoms with E-state index in [0.717, 1.165) is 5.56 Å². The van der Waals surface area contributed by atoms with Gasteiger partial charge in [-0.2, -0.15) is 4.31 Å². The van der Waals surface area contributed by atoms with E-state index in [1.807, 2.05) is 13.8 Å². The van der Waals surface area contributed by atoms with Crippen molar-refractivity contribution in [3.63, 3.8) is 0 Å². The van der Waals surface area contributed by atoms with Gasteiger partial charge in [0.1, 0.15) is 0 Å². The Kier molecular flexibility index (Phi) is 6.40. The molecule has 0 saturated heterocycles. The van der Waals surface area contributed by atoms with Gasteiger partial charge in [0.25, 0.3) is 0 Å². The van der Waals surface area contributed by atoms with E-state index in [1.165, 1.54) is 17.1 Å². The molecule has 1 fully saturated rings. The second kappa shape index (κ2) is 8.12. The van der Waals surface area contributed by atoms with Crippen molar-refractivity contribution in [2.45, 2.75) is 57.4 Å². The van der Waals surface area contributed by atoms with Crippen LogP contribution in [0.4, 0.5) is 0 Å². The Morgan fingerprint density at radius 3 is 2.29 bits per heavy atom. The molecule has 0 aromatic heterocycles. The minimum Gasteiger partial charge on any atom is -0.353 e. The molecular weight excluding hydrogens is 324 g/mol. The van der Waals surface area contributed by atoms with Crippen LogP contribution >= 0.6 is 0 Å². The molecule has 1 unspecified atom stereocenters. The summed E-state index contributed by atoms with van der Waals surface area (Å²) in [6.45, 7) is 6.63. The molecule has 0 radical (unpaired) electrons. The number of nitrogens with one attached hydrogen (secondary N) is 1. The number of amides is 1. The van der Waals surface area contributed by atoms with Crippen LogP contribution in [-0.2, 0) is 21.2 Å². The molecule has 0 heterocycles. The number of hydrogen-bond donors (Lipinski definition) is 1. The highest BCUT2D eigenvalue weighted by molar-refractivity contribution is 7.89. The second-order valence-electron chi connectivity index (χ2n) is 6.43. The summed E-state index contributed by atoms with van der Waals surface area (Å²) in [4.78, 5) is 12.2. The van der Waals surface area contributed by atoms with E-state index in [1.54, 1.807) is 24.3 Å². The van der Waals surface area contributed by atoms with Gasteiger partial charge in [-0.05, 0) is 49.8 Å². The first-order valence-electron chi connectivity index (χ1n) is 8.77. The molecule has 0 bridgehead atoms. The first-order chi connectivity index (χ1) is 11.4. The highest BCUT2D eigenvalue weighted by Crippen LogP contribution is 2.32. The standard InChI is InChI=1S/C18H28N2O3S/c1-4-20(5-2)24(22,23)17-11-6-15(7-12-17)8-13-18(21)19-14(3)16-9-10-16/h6-7,11-12,14,16H,4-5,8-10,13H2,1-3H3,(H,19,21). The molecule has 1 saturated carbocycles. The van der Waals surface area contributed by atoms with Crippen LogP contribution in [0.15, 0.2) is 29.2 Å². The highest BCUT2D eigenvalue weighted by atomic mass is 32.2. The second-order valence-corrected chi connectivity index (χ2v) is 8.36. The van der Waals surface area contributed by atoms with Crippen LogP contribution in [0.1, 0.15) is 45.6 Å². The van der Waals surface area contributed by atoms with E-state index in [-0.39, 0.29) is 11.9 Å². The monoisotopic (exact) mass is 352 g/mol. The normalized spacial score (nSPS) is 16.2. The van der Waals surface area contributed by atoms with Crippen molar-refractivity contribution in [2.75, 3.05) is 13.1 Å². The van der Waals surface area contributed by atoms with Crippen molar-refractivity contribution in [3.05, 3.63) is 29.8 Å². The molecular formula is C18H28N2O3S. The molecule has 134 valence electrons. The average molecular weight is 353 g/mol. The van der Waals surface area contributed by atoms with E-state index in [4.69, 9.17) is 0 Å². The Morgan fingerprint density at radius 1 is 1.21 bits per heavy atom. The van der Waals surface area contributed by atoms with Gasteiger partial charge in [0, 0.05) is 25.6 Å². The minimum absolute atomic E-state index is 0.0641. The van der Waals surface area contributed by atoms with Crippen LogP contribution < -0.4 is 5.32 Å². The molecule has 1 aromatic rings. The van der Waals surface area contributed by atoms with Gasteiger partial charge < -0.3 is 5.32 Å². The van der Waals surface area contributed by atoms with Gasteiger partial charge in [-0.1, -0.05) is 26.0 Å². The number of carbonyl (C=O) groups is 1. The SMILES string of the molecule is CCN(CC)S(=O)(=O)c1ccc(CCC(=O)NC(C)C2CC2)cc1. The third kappa shape index (κ3) is 4.80. The summed E-state index contributed by atoms with van der Waals surface area (Å²) >= 11 is 0. The Hall–Kier alpha value is -1.40. The maximum Gasteiger partial charge on any atom is 0.243 e. The number of carbonyl (C=O) groups excluding carboxylic acids is 1. The molecule has 24 heavy (non-hydrogen) atoms. The molecule has 1 aromatic carbocycles. The predicted octanol–water partition coefficient (Wildman–Crippen LogP) is 2.56. The summed E-state index contributed by atoms with van der Waals surface area (Å²) in [6, 6.07) is 7.13. The van der Waals surface area contributed by atoms with Gasteiger partial charge in [-0.15, -0.1) is 0 Å². The molecule has 2 rings (SSSR count). The summed E-state index contributed by atoms with van der Waals surface area (Å²) in [5.41, 5.74) is 0.975. The third-order valence-electron chi connectivity index (χ3n) is 4.63.